The van der Waals surface area contributed by atoms with Gasteiger partial charge < -0.3 is 10.6 Å². The lowest BCUT2D eigenvalue weighted by Crippen LogP contribution is -2.45. The number of halogens is 1. The van der Waals surface area contributed by atoms with Crippen LogP contribution >= 0.6 is 0 Å². The Bertz CT molecular complexity index is 2040. The number of benzene rings is 2. The van der Waals surface area contributed by atoms with E-state index >= 15 is 0 Å². The van der Waals surface area contributed by atoms with Gasteiger partial charge in [-0.2, -0.15) is 5.10 Å². The van der Waals surface area contributed by atoms with Crippen LogP contribution in [0, 0.1) is 18.7 Å². The van der Waals surface area contributed by atoms with Gasteiger partial charge in [-0.3, -0.25) is 18.8 Å². The summed E-state index contributed by atoms with van der Waals surface area (Å²) in [7, 11) is 1.79. The summed E-state index contributed by atoms with van der Waals surface area (Å²) in [5, 5.41) is 10.8. The molecule has 0 aliphatic heterocycles. The molecule has 11 heteroatoms. The Hall–Kier alpha value is -4.90. The Morgan fingerprint density at radius 1 is 1.00 bits per heavy atom. The van der Waals surface area contributed by atoms with Crippen LogP contribution in [0.2, 0.25) is 0 Å². The van der Waals surface area contributed by atoms with Crippen molar-refractivity contribution in [2.45, 2.75) is 71.5 Å². The third-order valence-electron chi connectivity index (χ3n) is 9.25. The Labute approximate surface area is 278 Å². The van der Waals surface area contributed by atoms with Crippen LogP contribution in [-0.4, -0.2) is 42.4 Å². The second-order valence-corrected chi connectivity index (χ2v) is 13.2. The Morgan fingerprint density at radius 3 is 2.44 bits per heavy atom. The second-order valence-electron chi connectivity index (χ2n) is 13.2. The molecular formula is C37H42FN7O3. The highest BCUT2D eigenvalue weighted by atomic mass is 19.1. The lowest BCUT2D eigenvalue weighted by molar-refractivity contribution is 0.0916. The molecule has 0 atom stereocenters. The van der Waals surface area contributed by atoms with E-state index in [1.165, 1.54) is 14.7 Å². The van der Waals surface area contributed by atoms with E-state index in [2.05, 4.69) is 58.8 Å². The zero-order valence-electron chi connectivity index (χ0n) is 27.9. The van der Waals surface area contributed by atoms with Gasteiger partial charge in [0.2, 0.25) is 0 Å². The topological polar surface area (TPSA) is 116 Å². The highest BCUT2D eigenvalue weighted by molar-refractivity contribution is 5.92. The molecule has 3 aromatic heterocycles. The molecule has 1 fully saturated rings. The Morgan fingerprint density at radius 2 is 1.75 bits per heavy atom. The number of carbonyl (C=O) groups excluding carboxylic acids is 1. The third kappa shape index (κ3) is 7.01. The molecule has 48 heavy (non-hydrogen) atoms. The predicted molar refractivity (Wildman–Crippen MR) is 185 cm³/mol. The van der Waals surface area contributed by atoms with Crippen LogP contribution in [-0.2, 0) is 13.6 Å². The van der Waals surface area contributed by atoms with Crippen LogP contribution in [0.25, 0.3) is 27.8 Å². The first-order valence-corrected chi connectivity index (χ1v) is 16.6. The minimum absolute atomic E-state index is 0.0373. The van der Waals surface area contributed by atoms with Crippen molar-refractivity contribution in [3.63, 3.8) is 0 Å². The van der Waals surface area contributed by atoms with E-state index in [0.29, 0.717) is 43.0 Å². The first-order valence-electron chi connectivity index (χ1n) is 16.6. The van der Waals surface area contributed by atoms with E-state index in [9.17, 15) is 18.8 Å². The quantitative estimate of drug-likeness (QED) is 0.194. The molecule has 2 aromatic carbocycles. The van der Waals surface area contributed by atoms with Crippen molar-refractivity contribution < 1.29 is 9.18 Å². The van der Waals surface area contributed by atoms with Gasteiger partial charge in [0.1, 0.15) is 11.5 Å². The molecule has 10 nitrogen and oxygen atoms in total. The number of aryl methyl sites for hydroxylation is 2. The molecular weight excluding hydrogens is 609 g/mol. The van der Waals surface area contributed by atoms with Gasteiger partial charge in [0.15, 0.2) is 5.65 Å². The summed E-state index contributed by atoms with van der Waals surface area (Å²) in [6.07, 6.45) is 4.29. The second kappa shape index (κ2) is 14.1. The van der Waals surface area contributed by atoms with Crippen LogP contribution in [0.4, 0.5) is 4.39 Å². The molecule has 6 rings (SSSR count). The first kappa shape index (κ1) is 33.0. The molecule has 0 spiro atoms. The zero-order chi connectivity index (χ0) is 33.9. The SMILES string of the molecule is Cc1cc(C(=O)N[C@H]2CC[C@@H](n3c(=O)c4cc(F)cnc4n(-c4cccc(-c5ccc(CNCCC(C)C)cc5)c4)c3=O)CC2)nn1C. The normalized spacial score (nSPS) is 16.5. The van der Waals surface area contributed by atoms with Crippen LogP contribution < -0.4 is 21.9 Å². The van der Waals surface area contributed by atoms with Gasteiger partial charge in [0.25, 0.3) is 11.5 Å². The maximum absolute atomic E-state index is 14.5. The number of aromatic nitrogens is 5. The summed E-state index contributed by atoms with van der Waals surface area (Å²) in [4.78, 5) is 45.0. The standard InChI is InChI=1S/C37H42FN7O3/c1-23(2)16-17-39-21-25-8-10-26(11-9-25)27-6-5-7-31(19-27)44-34-32(20-28(38)22-40-34)36(47)45(37(44)48)30-14-12-29(13-15-30)41-35(46)33-18-24(3)43(4)42-33/h5-11,18-20,22-23,29-30,39H,12-17,21H2,1-4H3,(H,41,46)/t29-,30+. The highest BCUT2D eigenvalue weighted by Crippen LogP contribution is 2.28. The summed E-state index contributed by atoms with van der Waals surface area (Å²) >= 11 is 0. The van der Waals surface area contributed by atoms with Crippen molar-refractivity contribution in [2.75, 3.05) is 6.54 Å². The number of amides is 1. The monoisotopic (exact) mass is 651 g/mol. The molecule has 0 unspecified atom stereocenters. The molecule has 0 saturated heterocycles. The first-order chi connectivity index (χ1) is 23.1. The van der Waals surface area contributed by atoms with E-state index in [1.807, 2.05) is 25.1 Å². The minimum Gasteiger partial charge on any atom is -0.348 e. The van der Waals surface area contributed by atoms with Gasteiger partial charge in [-0.05, 0) is 92.4 Å². The fraction of sp³-hybridized carbons (Fsp3) is 0.378. The molecule has 1 amide bonds. The largest absolute Gasteiger partial charge is 0.348 e. The fourth-order valence-electron chi connectivity index (χ4n) is 6.41. The predicted octanol–water partition coefficient (Wildman–Crippen LogP) is 5.44. The molecule has 250 valence electrons. The number of carbonyl (C=O) groups is 1. The van der Waals surface area contributed by atoms with E-state index in [4.69, 9.17) is 0 Å². The van der Waals surface area contributed by atoms with E-state index < -0.39 is 23.1 Å². The van der Waals surface area contributed by atoms with Crippen molar-refractivity contribution >= 4 is 16.9 Å². The molecule has 3 heterocycles. The number of nitrogens with zero attached hydrogens (tertiary/aromatic N) is 5. The maximum atomic E-state index is 14.5. The number of fused-ring (bicyclic) bond motifs is 1. The average molecular weight is 652 g/mol. The van der Waals surface area contributed by atoms with E-state index in [1.54, 1.807) is 23.9 Å². The fourth-order valence-corrected chi connectivity index (χ4v) is 6.41. The summed E-state index contributed by atoms with van der Waals surface area (Å²) in [6.45, 7) is 8.06. The van der Waals surface area contributed by atoms with Gasteiger partial charge in [0.05, 0.1) is 17.3 Å². The molecule has 2 N–H and O–H groups in total. The third-order valence-corrected chi connectivity index (χ3v) is 9.25. The van der Waals surface area contributed by atoms with Crippen molar-refractivity contribution in [2.24, 2.45) is 13.0 Å². The summed E-state index contributed by atoms with van der Waals surface area (Å²) in [5.41, 5.74) is 3.83. The van der Waals surface area contributed by atoms with Crippen LogP contribution in [0.3, 0.4) is 0 Å². The lowest BCUT2D eigenvalue weighted by Gasteiger charge is -2.30. The van der Waals surface area contributed by atoms with Gasteiger partial charge in [0, 0.05) is 31.4 Å². The summed E-state index contributed by atoms with van der Waals surface area (Å²) in [6, 6.07) is 18.2. The Balaban J connectivity index is 1.27. The summed E-state index contributed by atoms with van der Waals surface area (Å²) < 4.78 is 18.8. The molecule has 1 aliphatic rings. The van der Waals surface area contributed by atoms with Gasteiger partial charge in [-0.1, -0.05) is 50.2 Å². The van der Waals surface area contributed by atoms with Crippen molar-refractivity contribution in [3.05, 3.63) is 110 Å². The van der Waals surface area contributed by atoms with Gasteiger partial charge in [-0.25, -0.2) is 18.7 Å². The smallest absolute Gasteiger partial charge is 0.337 e. The number of hydrogen-bond acceptors (Lipinski definition) is 6. The highest BCUT2D eigenvalue weighted by Gasteiger charge is 2.28. The molecule has 0 radical (unpaired) electrons. The van der Waals surface area contributed by atoms with E-state index in [0.717, 1.165) is 48.6 Å². The molecule has 5 aromatic rings. The number of pyridine rings is 1. The number of hydrogen-bond donors (Lipinski definition) is 2. The van der Waals surface area contributed by atoms with Crippen LogP contribution in [0.5, 0.6) is 0 Å². The maximum Gasteiger partial charge on any atom is 0.337 e. The van der Waals surface area contributed by atoms with Crippen molar-refractivity contribution in [1.82, 2.24) is 34.5 Å². The minimum atomic E-state index is -0.653. The van der Waals surface area contributed by atoms with E-state index in [-0.39, 0.29) is 23.0 Å². The van der Waals surface area contributed by atoms with Crippen molar-refractivity contribution in [1.29, 1.82) is 0 Å². The molecule has 1 saturated carbocycles. The van der Waals surface area contributed by atoms with Crippen LogP contribution in [0.1, 0.15) is 73.7 Å². The van der Waals surface area contributed by atoms with Crippen LogP contribution in [0.15, 0.2) is 76.4 Å². The Kier molecular flexibility index (Phi) is 9.68. The van der Waals surface area contributed by atoms with Crippen molar-refractivity contribution in [3.8, 4) is 16.8 Å². The zero-order valence-corrected chi connectivity index (χ0v) is 27.9. The lowest BCUT2D eigenvalue weighted by atomic mass is 9.90. The molecule has 1 aliphatic carbocycles. The average Bonchev–Trinajstić information content (AvgIpc) is 3.42. The number of rotatable bonds is 10. The number of nitrogens with one attached hydrogen (secondary N) is 2. The van der Waals surface area contributed by atoms with Gasteiger partial charge >= 0.3 is 5.69 Å². The molecule has 0 bridgehead atoms. The van der Waals surface area contributed by atoms with Gasteiger partial charge in [-0.15, -0.1) is 0 Å². The summed E-state index contributed by atoms with van der Waals surface area (Å²) in [5.74, 6) is -0.246.